The summed E-state index contributed by atoms with van der Waals surface area (Å²) in [6, 6.07) is 6.82. The first kappa shape index (κ1) is 19.3. The van der Waals surface area contributed by atoms with Gasteiger partial charge in [0, 0.05) is 32.5 Å². The average molecular weight is 382 g/mol. The van der Waals surface area contributed by atoms with E-state index in [0.29, 0.717) is 32.6 Å². The predicted octanol–water partition coefficient (Wildman–Crippen LogP) is 1.28. The Morgan fingerprint density at radius 2 is 1.88 bits per heavy atom. The highest BCUT2D eigenvalue weighted by Gasteiger charge is 2.30. The number of hydrogen-bond acceptors (Lipinski definition) is 5. The Morgan fingerprint density at radius 1 is 1.19 bits per heavy atom. The molecule has 2 aliphatic heterocycles. The molecule has 0 bridgehead atoms. The van der Waals surface area contributed by atoms with E-state index >= 15 is 0 Å². The molecule has 3 rings (SSSR count). The van der Waals surface area contributed by atoms with Crippen molar-refractivity contribution in [2.75, 3.05) is 32.8 Å². The van der Waals surface area contributed by atoms with Gasteiger partial charge < -0.3 is 14.4 Å². The number of sulfonamides is 1. The van der Waals surface area contributed by atoms with Crippen molar-refractivity contribution in [3.63, 3.8) is 0 Å². The van der Waals surface area contributed by atoms with Crippen LogP contribution in [0.25, 0.3) is 0 Å². The van der Waals surface area contributed by atoms with Gasteiger partial charge in [-0.15, -0.1) is 0 Å². The Labute approximate surface area is 154 Å². The minimum atomic E-state index is -3.56. The molecule has 2 heterocycles. The van der Waals surface area contributed by atoms with E-state index in [1.54, 1.807) is 24.3 Å². The summed E-state index contributed by atoms with van der Waals surface area (Å²) in [5.74, 6) is -0.503. The molecular weight excluding hydrogens is 356 g/mol. The summed E-state index contributed by atoms with van der Waals surface area (Å²) in [4.78, 5) is 13.7. The molecule has 0 saturated carbocycles. The number of rotatable bonds is 8. The van der Waals surface area contributed by atoms with Crippen LogP contribution in [-0.4, -0.2) is 57.9 Å². The smallest absolute Gasteiger partial charge is 0.240 e. The summed E-state index contributed by atoms with van der Waals surface area (Å²) in [7, 11) is -3.56. The summed E-state index contributed by atoms with van der Waals surface area (Å²) >= 11 is 0. The Balaban J connectivity index is 1.50. The predicted molar refractivity (Wildman–Crippen MR) is 96.1 cm³/mol. The number of carbonyl (C=O) groups is 1. The average Bonchev–Trinajstić information content (AvgIpc) is 3.22. The molecular formula is C18H26N2O5S. The maximum atomic E-state index is 12.4. The van der Waals surface area contributed by atoms with E-state index in [0.717, 1.165) is 24.9 Å². The third kappa shape index (κ3) is 4.82. The molecule has 26 heavy (non-hydrogen) atoms. The first-order valence-electron chi connectivity index (χ1n) is 9.02. The fourth-order valence-electron chi connectivity index (χ4n) is 3.24. The van der Waals surface area contributed by atoms with Crippen LogP contribution in [0.3, 0.4) is 0 Å². The molecule has 1 N–H and O–H groups in total. The van der Waals surface area contributed by atoms with Crippen LogP contribution in [0.15, 0.2) is 29.2 Å². The van der Waals surface area contributed by atoms with Gasteiger partial charge in [-0.3, -0.25) is 4.79 Å². The maximum absolute atomic E-state index is 12.4. The Morgan fingerprint density at radius 3 is 2.50 bits per heavy atom. The molecule has 7 nitrogen and oxygen atoms in total. The molecule has 2 aliphatic rings. The largest absolute Gasteiger partial charge is 0.348 e. The van der Waals surface area contributed by atoms with Crippen LogP contribution >= 0.6 is 0 Å². The number of nitrogens with one attached hydrogen (secondary N) is 1. The molecule has 8 heteroatoms. The Bertz CT molecular complexity index is 726. The summed E-state index contributed by atoms with van der Waals surface area (Å²) < 4.78 is 38.3. The Hall–Kier alpha value is -1.48. The molecule has 0 spiro atoms. The van der Waals surface area contributed by atoms with Crippen molar-refractivity contribution in [1.29, 1.82) is 0 Å². The molecule has 0 aliphatic carbocycles. The lowest BCUT2D eigenvalue weighted by Crippen LogP contribution is -2.33. The quantitative estimate of drug-likeness (QED) is 0.732. The van der Waals surface area contributed by atoms with E-state index in [9.17, 15) is 13.2 Å². The lowest BCUT2D eigenvalue weighted by molar-refractivity contribution is -0.145. The first-order chi connectivity index (χ1) is 12.4. The van der Waals surface area contributed by atoms with Crippen molar-refractivity contribution in [1.82, 2.24) is 9.62 Å². The van der Waals surface area contributed by atoms with Gasteiger partial charge in [-0.05, 0) is 37.5 Å². The highest BCUT2D eigenvalue weighted by molar-refractivity contribution is 7.89. The van der Waals surface area contributed by atoms with E-state index in [2.05, 4.69) is 4.72 Å². The molecule has 1 aromatic carbocycles. The number of nitrogens with zero attached hydrogens (tertiary/aromatic N) is 1. The van der Waals surface area contributed by atoms with Gasteiger partial charge in [0.2, 0.25) is 15.9 Å². The van der Waals surface area contributed by atoms with Crippen LogP contribution in [0.1, 0.15) is 31.7 Å². The van der Waals surface area contributed by atoms with Gasteiger partial charge in [-0.25, -0.2) is 13.1 Å². The van der Waals surface area contributed by atoms with Gasteiger partial charge >= 0.3 is 0 Å². The summed E-state index contributed by atoms with van der Waals surface area (Å²) in [6.07, 6.45) is 2.75. The summed E-state index contributed by atoms with van der Waals surface area (Å²) in [5.41, 5.74) is 1.02. The van der Waals surface area contributed by atoms with Gasteiger partial charge in [-0.1, -0.05) is 12.1 Å². The standard InChI is InChI=1S/C18H26N2O5S/c1-18(24-13-14-25-18)9-10-19-26(22,23)16-6-4-15(5-7-16)8-12-20-11-2-3-17(20)21/h4-7,19H,2-3,8-14H2,1H3. The molecule has 0 unspecified atom stereocenters. The van der Waals surface area contributed by atoms with E-state index in [1.807, 2.05) is 11.8 Å². The topological polar surface area (TPSA) is 84.9 Å². The first-order valence-corrected chi connectivity index (χ1v) is 10.5. The van der Waals surface area contributed by atoms with E-state index in [-0.39, 0.29) is 17.3 Å². The van der Waals surface area contributed by atoms with E-state index in [4.69, 9.17) is 9.47 Å². The minimum Gasteiger partial charge on any atom is -0.348 e. The molecule has 0 atom stereocenters. The lowest BCUT2D eigenvalue weighted by atomic mass is 10.1. The van der Waals surface area contributed by atoms with Gasteiger partial charge in [0.1, 0.15) is 0 Å². The van der Waals surface area contributed by atoms with Crippen LogP contribution < -0.4 is 4.72 Å². The van der Waals surface area contributed by atoms with Crippen molar-refractivity contribution in [2.24, 2.45) is 0 Å². The fourth-order valence-corrected chi connectivity index (χ4v) is 4.27. The van der Waals surface area contributed by atoms with Crippen molar-refractivity contribution in [3.05, 3.63) is 29.8 Å². The third-order valence-corrected chi connectivity index (χ3v) is 6.32. The highest BCUT2D eigenvalue weighted by atomic mass is 32.2. The second-order valence-corrected chi connectivity index (χ2v) is 8.62. The van der Waals surface area contributed by atoms with Crippen LogP contribution in [0, 0.1) is 0 Å². The Kier molecular flexibility index (Phi) is 5.96. The SMILES string of the molecule is CC1(CCNS(=O)(=O)c2ccc(CCN3CCCC3=O)cc2)OCCO1. The van der Waals surface area contributed by atoms with Crippen LogP contribution in [0.2, 0.25) is 0 Å². The van der Waals surface area contributed by atoms with Crippen molar-refractivity contribution < 1.29 is 22.7 Å². The van der Waals surface area contributed by atoms with Crippen molar-refractivity contribution >= 4 is 15.9 Å². The van der Waals surface area contributed by atoms with Gasteiger partial charge in [0.15, 0.2) is 5.79 Å². The van der Waals surface area contributed by atoms with Crippen molar-refractivity contribution in [2.45, 2.75) is 43.3 Å². The highest BCUT2D eigenvalue weighted by Crippen LogP contribution is 2.22. The monoisotopic (exact) mass is 382 g/mol. The number of hydrogen-bond donors (Lipinski definition) is 1. The van der Waals surface area contributed by atoms with Gasteiger partial charge in [0.05, 0.1) is 18.1 Å². The zero-order chi connectivity index (χ0) is 18.6. The van der Waals surface area contributed by atoms with Crippen LogP contribution in [-0.2, 0) is 30.7 Å². The molecule has 0 aromatic heterocycles. The zero-order valence-corrected chi connectivity index (χ0v) is 15.9. The number of ether oxygens (including phenoxy) is 2. The maximum Gasteiger partial charge on any atom is 0.240 e. The lowest BCUT2D eigenvalue weighted by Gasteiger charge is -2.22. The number of benzene rings is 1. The van der Waals surface area contributed by atoms with Crippen LogP contribution in [0.4, 0.5) is 0 Å². The van der Waals surface area contributed by atoms with Gasteiger partial charge in [0.25, 0.3) is 0 Å². The number of amides is 1. The second kappa shape index (κ2) is 8.04. The zero-order valence-electron chi connectivity index (χ0n) is 15.1. The minimum absolute atomic E-state index is 0.206. The summed E-state index contributed by atoms with van der Waals surface area (Å²) in [6.45, 7) is 4.64. The molecule has 1 aromatic rings. The molecule has 0 radical (unpaired) electrons. The number of likely N-dealkylation sites (tertiary alicyclic amines) is 1. The van der Waals surface area contributed by atoms with E-state index < -0.39 is 15.8 Å². The third-order valence-electron chi connectivity index (χ3n) is 4.84. The van der Waals surface area contributed by atoms with Crippen LogP contribution in [0.5, 0.6) is 0 Å². The fraction of sp³-hybridized carbons (Fsp3) is 0.611. The number of carbonyl (C=O) groups excluding carboxylic acids is 1. The second-order valence-electron chi connectivity index (χ2n) is 6.86. The van der Waals surface area contributed by atoms with E-state index in [1.165, 1.54) is 0 Å². The molecule has 144 valence electrons. The normalized spacial score (nSPS) is 20.0. The van der Waals surface area contributed by atoms with Crippen molar-refractivity contribution in [3.8, 4) is 0 Å². The summed E-state index contributed by atoms with van der Waals surface area (Å²) in [5, 5.41) is 0. The van der Waals surface area contributed by atoms with Gasteiger partial charge in [-0.2, -0.15) is 0 Å². The molecule has 1 amide bonds. The molecule has 2 fully saturated rings. The molecule has 2 saturated heterocycles.